The van der Waals surface area contributed by atoms with Crippen molar-refractivity contribution in [1.29, 1.82) is 0 Å². The predicted octanol–water partition coefficient (Wildman–Crippen LogP) is 0.160. The van der Waals surface area contributed by atoms with Gasteiger partial charge in [-0.15, -0.1) is 0 Å². The maximum Gasteiger partial charge on any atom is 0.242 e. The maximum atomic E-state index is 12.7. The van der Waals surface area contributed by atoms with Crippen LogP contribution in [0.15, 0.2) is 54.6 Å². The van der Waals surface area contributed by atoms with Crippen molar-refractivity contribution in [2.45, 2.75) is 43.2 Å². The molecule has 0 aromatic heterocycles. The molecule has 2 aromatic carbocycles. The van der Waals surface area contributed by atoms with E-state index >= 15 is 0 Å². The number of hydrogen-bond donors (Lipinski definition) is 5. The Morgan fingerprint density at radius 1 is 0.933 bits per heavy atom. The number of rotatable bonds is 7. The lowest BCUT2D eigenvalue weighted by Gasteiger charge is -2.41. The third-order valence-corrected chi connectivity index (χ3v) is 5.71. The van der Waals surface area contributed by atoms with E-state index in [-0.39, 0.29) is 5.91 Å². The normalized spacial score (nSPS) is 26.4. The minimum absolute atomic E-state index is 0.383. The zero-order valence-corrected chi connectivity index (χ0v) is 17.1. The molecule has 1 heterocycles. The van der Waals surface area contributed by atoms with Gasteiger partial charge in [-0.25, -0.2) is 0 Å². The largest absolute Gasteiger partial charge is 0.395 e. The van der Waals surface area contributed by atoms with E-state index in [0.29, 0.717) is 6.54 Å². The van der Waals surface area contributed by atoms with E-state index in [1.165, 1.54) is 16.0 Å². The summed E-state index contributed by atoms with van der Waals surface area (Å²) in [5.41, 5.74) is 3.50. The molecule has 1 fully saturated rings. The SMILES string of the molecule is CN(CCCc1ccc(-c2ccccc2)cc1)C(=O)[C@H]1N[C@H](CO)[C@@H](O)[C@H](O)[C@@H]1O. The standard InChI is InChI=1S/C23H30N2O5/c1-25(23(30)19-21(28)22(29)20(27)18(14-26)24-19)13-5-6-15-9-11-17(12-10-15)16-7-3-2-4-8-16/h2-4,7-12,18-22,24,26-29H,5-6,13-14H2,1H3/t18-,19+,20-,21-,22+/m1/s1. The fourth-order valence-corrected chi connectivity index (χ4v) is 3.81. The molecular weight excluding hydrogens is 384 g/mol. The van der Waals surface area contributed by atoms with E-state index in [4.69, 9.17) is 0 Å². The van der Waals surface area contributed by atoms with Crippen molar-refractivity contribution in [3.8, 4) is 11.1 Å². The van der Waals surface area contributed by atoms with Gasteiger partial charge in [-0.2, -0.15) is 0 Å². The molecule has 1 amide bonds. The van der Waals surface area contributed by atoms with E-state index in [1.54, 1.807) is 7.05 Å². The van der Waals surface area contributed by atoms with Crippen LogP contribution in [-0.4, -0.2) is 81.8 Å². The second kappa shape index (κ2) is 10.1. The van der Waals surface area contributed by atoms with Crippen LogP contribution < -0.4 is 5.32 Å². The number of aryl methyl sites for hydroxylation is 1. The zero-order valence-electron chi connectivity index (χ0n) is 17.1. The maximum absolute atomic E-state index is 12.7. The van der Waals surface area contributed by atoms with Gasteiger partial charge in [0.05, 0.1) is 12.6 Å². The molecule has 0 saturated carbocycles. The summed E-state index contributed by atoms with van der Waals surface area (Å²) in [4.78, 5) is 14.2. The van der Waals surface area contributed by atoms with Gasteiger partial charge in [-0.05, 0) is 29.5 Å². The summed E-state index contributed by atoms with van der Waals surface area (Å²) < 4.78 is 0. The number of benzene rings is 2. The van der Waals surface area contributed by atoms with Gasteiger partial charge in [0, 0.05) is 13.6 Å². The Hall–Kier alpha value is -2.29. The number of hydrogen-bond acceptors (Lipinski definition) is 6. The first-order valence-electron chi connectivity index (χ1n) is 10.2. The van der Waals surface area contributed by atoms with Crippen molar-refractivity contribution in [2.75, 3.05) is 20.2 Å². The molecule has 2 aromatic rings. The second-order valence-corrected chi connectivity index (χ2v) is 7.83. The third kappa shape index (κ3) is 5.06. The first-order valence-corrected chi connectivity index (χ1v) is 10.2. The molecule has 162 valence electrons. The Labute approximate surface area is 176 Å². The first-order chi connectivity index (χ1) is 14.4. The number of likely N-dealkylation sites (N-methyl/N-ethyl adjacent to an activating group) is 1. The molecule has 0 unspecified atom stereocenters. The Morgan fingerprint density at radius 2 is 1.57 bits per heavy atom. The molecule has 1 saturated heterocycles. The fraction of sp³-hybridized carbons (Fsp3) is 0.435. The van der Waals surface area contributed by atoms with Crippen LogP contribution in [-0.2, 0) is 11.2 Å². The number of aliphatic hydroxyl groups is 4. The molecule has 7 heteroatoms. The van der Waals surface area contributed by atoms with E-state index in [0.717, 1.165) is 18.4 Å². The summed E-state index contributed by atoms with van der Waals surface area (Å²) in [5.74, 6) is -0.383. The van der Waals surface area contributed by atoms with E-state index in [2.05, 4.69) is 41.7 Å². The number of aliphatic hydroxyl groups excluding tert-OH is 4. The van der Waals surface area contributed by atoms with Gasteiger partial charge < -0.3 is 25.3 Å². The van der Waals surface area contributed by atoms with Crippen molar-refractivity contribution in [1.82, 2.24) is 10.2 Å². The number of carbonyl (C=O) groups is 1. The van der Waals surface area contributed by atoms with Crippen LogP contribution in [0, 0.1) is 0 Å². The first kappa shape index (κ1) is 22.4. The van der Waals surface area contributed by atoms with Crippen LogP contribution in [0.3, 0.4) is 0 Å². The van der Waals surface area contributed by atoms with Crippen LogP contribution in [0.4, 0.5) is 0 Å². The smallest absolute Gasteiger partial charge is 0.242 e. The Balaban J connectivity index is 1.51. The summed E-state index contributed by atoms with van der Waals surface area (Å²) in [5, 5.41) is 42.0. The van der Waals surface area contributed by atoms with Crippen molar-refractivity contribution in [2.24, 2.45) is 0 Å². The highest BCUT2D eigenvalue weighted by atomic mass is 16.4. The number of nitrogens with zero attached hydrogens (tertiary/aromatic N) is 1. The van der Waals surface area contributed by atoms with Crippen LogP contribution in [0.5, 0.6) is 0 Å². The van der Waals surface area contributed by atoms with Gasteiger partial charge in [0.2, 0.25) is 5.91 Å². The molecule has 1 aliphatic rings. The van der Waals surface area contributed by atoms with Crippen LogP contribution in [0.2, 0.25) is 0 Å². The summed E-state index contributed by atoms with van der Waals surface area (Å²) in [7, 11) is 1.64. The van der Waals surface area contributed by atoms with Crippen molar-refractivity contribution >= 4 is 5.91 Å². The Bertz CT molecular complexity index is 812. The van der Waals surface area contributed by atoms with Gasteiger partial charge in [0.15, 0.2) is 0 Å². The molecule has 0 bridgehead atoms. The van der Waals surface area contributed by atoms with E-state index < -0.39 is 37.0 Å². The lowest BCUT2D eigenvalue weighted by atomic mass is 9.90. The van der Waals surface area contributed by atoms with Gasteiger partial charge in [-0.3, -0.25) is 10.1 Å². The highest BCUT2D eigenvalue weighted by Crippen LogP contribution is 2.20. The number of amides is 1. The van der Waals surface area contributed by atoms with E-state index in [9.17, 15) is 25.2 Å². The molecule has 0 radical (unpaired) electrons. The zero-order chi connectivity index (χ0) is 21.7. The quantitative estimate of drug-likeness (QED) is 0.441. The fourth-order valence-electron chi connectivity index (χ4n) is 3.81. The van der Waals surface area contributed by atoms with Crippen molar-refractivity contribution in [3.05, 3.63) is 60.2 Å². The molecule has 1 aliphatic heterocycles. The third-order valence-electron chi connectivity index (χ3n) is 5.71. The average molecular weight is 415 g/mol. The summed E-state index contributed by atoms with van der Waals surface area (Å²) in [6.07, 6.45) is -2.73. The molecule has 5 N–H and O–H groups in total. The summed E-state index contributed by atoms with van der Waals surface area (Å²) in [6, 6.07) is 16.6. The van der Waals surface area contributed by atoms with Crippen LogP contribution >= 0.6 is 0 Å². The number of piperidine rings is 1. The van der Waals surface area contributed by atoms with Gasteiger partial charge in [0.1, 0.15) is 24.4 Å². The predicted molar refractivity (Wildman–Crippen MR) is 114 cm³/mol. The average Bonchev–Trinajstić information content (AvgIpc) is 2.78. The van der Waals surface area contributed by atoms with Crippen LogP contribution in [0.25, 0.3) is 11.1 Å². The highest BCUT2D eigenvalue weighted by molar-refractivity contribution is 5.82. The second-order valence-electron chi connectivity index (χ2n) is 7.83. The van der Waals surface area contributed by atoms with Crippen LogP contribution in [0.1, 0.15) is 12.0 Å². The van der Waals surface area contributed by atoms with Gasteiger partial charge in [-0.1, -0.05) is 54.6 Å². The number of carbonyl (C=O) groups excluding carboxylic acids is 1. The minimum Gasteiger partial charge on any atom is -0.395 e. The summed E-state index contributed by atoms with van der Waals surface area (Å²) in [6.45, 7) is 0.0318. The molecule has 7 nitrogen and oxygen atoms in total. The van der Waals surface area contributed by atoms with E-state index in [1.807, 2.05) is 18.2 Å². The molecule has 5 atom stereocenters. The Kier molecular flexibility index (Phi) is 7.58. The topological polar surface area (TPSA) is 113 Å². The lowest BCUT2D eigenvalue weighted by molar-refractivity contribution is -0.152. The lowest BCUT2D eigenvalue weighted by Crippen LogP contribution is -2.69. The van der Waals surface area contributed by atoms with Gasteiger partial charge in [0.25, 0.3) is 0 Å². The Morgan fingerprint density at radius 3 is 2.20 bits per heavy atom. The monoisotopic (exact) mass is 414 g/mol. The number of nitrogens with one attached hydrogen (secondary N) is 1. The molecule has 30 heavy (non-hydrogen) atoms. The van der Waals surface area contributed by atoms with Gasteiger partial charge >= 0.3 is 0 Å². The van der Waals surface area contributed by atoms with Crippen molar-refractivity contribution in [3.63, 3.8) is 0 Å². The molecule has 0 aliphatic carbocycles. The molecule has 0 spiro atoms. The molecule has 3 rings (SSSR count). The summed E-state index contributed by atoms with van der Waals surface area (Å²) >= 11 is 0. The van der Waals surface area contributed by atoms with Crippen molar-refractivity contribution < 1.29 is 25.2 Å². The molecular formula is C23H30N2O5. The highest BCUT2D eigenvalue weighted by Gasteiger charge is 2.45. The minimum atomic E-state index is -1.49.